The van der Waals surface area contributed by atoms with Crippen molar-refractivity contribution in [2.45, 2.75) is 26.8 Å². The molecule has 1 aromatic carbocycles. The zero-order chi connectivity index (χ0) is 20.5. The van der Waals surface area contributed by atoms with Gasteiger partial charge >= 0.3 is 0 Å². The van der Waals surface area contributed by atoms with Crippen LogP contribution in [0.15, 0.2) is 41.5 Å². The molecule has 0 spiro atoms. The molecule has 166 valence electrons. The largest absolute Gasteiger partial charge is 0.369 e. The first-order valence-electron chi connectivity index (χ1n) is 10.7. The van der Waals surface area contributed by atoms with Crippen LogP contribution in [0.1, 0.15) is 24.6 Å². The van der Waals surface area contributed by atoms with Crippen molar-refractivity contribution >= 4 is 35.6 Å². The van der Waals surface area contributed by atoms with E-state index in [1.165, 1.54) is 11.3 Å². The number of aryl methyl sites for hydroxylation is 2. The fraction of sp³-hybridized carbons (Fsp3) is 0.545. The molecule has 0 saturated carbocycles. The lowest BCUT2D eigenvalue weighted by Crippen LogP contribution is -2.47. The Hall–Kier alpha value is -1.81. The Bertz CT molecular complexity index is 781. The lowest BCUT2D eigenvalue weighted by molar-refractivity contribution is 0.255. The number of anilines is 1. The Morgan fingerprint density at radius 2 is 1.93 bits per heavy atom. The van der Waals surface area contributed by atoms with E-state index in [0.29, 0.717) is 6.54 Å². The maximum Gasteiger partial charge on any atom is 0.191 e. The molecule has 0 unspecified atom stereocenters. The van der Waals surface area contributed by atoms with Crippen molar-refractivity contribution < 1.29 is 0 Å². The molecule has 2 aromatic rings. The number of nitrogens with one attached hydrogen (secondary N) is 2. The molecular weight excluding hydrogens is 489 g/mol. The predicted molar refractivity (Wildman–Crippen MR) is 136 cm³/mol. The highest BCUT2D eigenvalue weighted by Gasteiger charge is 2.16. The Labute approximate surface area is 197 Å². The molecule has 0 atom stereocenters. The standard InChI is InChI=1S/C22H35N7.HI/c1-4-23-22(25-18-21-9-11-26-27(21)3)24-10-6-12-28-13-15-29(16-14-28)20-8-5-7-19(2)17-20;/h5,7-9,11,17H,4,6,10,12-16,18H2,1-3H3,(H2,23,24,25);1H. The van der Waals surface area contributed by atoms with Crippen LogP contribution in [-0.4, -0.2) is 66.5 Å². The van der Waals surface area contributed by atoms with Gasteiger partial charge in [0.1, 0.15) is 0 Å². The molecule has 1 fully saturated rings. The second kappa shape index (κ2) is 12.8. The van der Waals surface area contributed by atoms with E-state index in [2.05, 4.69) is 68.6 Å². The molecule has 0 bridgehead atoms. The molecule has 30 heavy (non-hydrogen) atoms. The fourth-order valence-corrected chi connectivity index (χ4v) is 3.62. The molecule has 2 heterocycles. The molecule has 1 aliphatic heterocycles. The van der Waals surface area contributed by atoms with Gasteiger partial charge in [-0.25, -0.2) is 4.99 Å². The summed E-state index contributed by atoms with van der Waals surface area (Å²) in [5.74, 6) is 0.873. The molecule has 0 amide bonds. The van der Waals surface area contributed by atoms with Gasteiger partial charge in [-0.05, 0) is 50.6 Å². The van der Waals surface area contributed by atoms with E-state index in [-0.39, 0.29) is 24.0 Å². The van der Waals surface area contributed by atoms with Crippen LogP contribution in [-0.2, 0) is 13.6 Å². The van der Waals surface area contributed by atoms with E-state index < -0.39 is 0 Å². The van der Waals surface area contributed by atoms with Crippen LogP contribution in [0.5, 0.6) is 0 Å². The van der Waals surface area contributed by atoms with E-state index >= 15 is 0 Å². The smallest absolute Gasteiger partial charge is 0.191 e. The zero-order valence-corrected chi connectivity index (χ0v) is 20.8. The van der Waals surface area contributed by atoms with Crippen LogP contribution in [0, 0.1) is 6.92 Å². The van der Waals surface area contributed by atoms with E-state index in [0.717, 1.165) is 63.9 Å². The minimum atomic E-state index is 0. The minimum absolute atomic E-state index is 0. The first-order valence-corrected chi connectivity index (χ1v) is 10.7. The summed E-state index contributed by atoms with van der Waals surface area (Å²) in [6, 6.07) is 10.8. The fourth-order valence-electron chi connectivity index (χ4n) is 3.62. The van der Waals surface area contributed by atoms with Crippen LogP contribution in [0.4, 0.5) is 5.69 Å². The summed E-state index contributed by atoms with van der Waals surface area (Å²) in [5.41, 5.74) is 3.79. The normalized spacial score (nSPS) is 15.0. The van der Waals surface area contributed by atoms with Crippen LogP contribution in [0.3, 0.4) is 0 Å². The van der Waals surface area contributed by atoms with Crippen molar-refractivity contribution in [3.63, 3.8) is 0 Å². The number of benzene rings is 1. The van der Waals surface area contributed by atoms with E-state index in [1.807, 2.05) is 24.0 Å². The van der Waals surface area contributed by atoms with Crippen molar-refractivity contribution in [3.8, 4) is 0 Å². The minimum Gasteiger partial charge on any atom is -0.369 e. The van der Waals surface area contributed by atoms with Gasteiger partial charge in [-0.15, -0.1) is 24.0 Å². The molecular formula is C22H36IN7. The number of rotatable bonds is 8. The third-order valence-corrected chi connectivity index (χ3v) is 5.35. The average Bonchev–Trinajstić information content (AvgIpc) is 3.14. The number of hydrogen-bond donors (Lipinski definition) is 2. The van der Waals surface area contributed by atoms with Crippen LogP contribution in [0.2, 0.25) is 0 Å². The van der Waals surface area contributed by atoms with Crippen molar-refractivity contribution in [3.05, 3.63) is 47.8 Å². The van der Waals surface area contributed by atoms with Gasteiger partial charge in [-0.1, -0.05) is 12.1 Å². The van der Waals surface area contributed by atoms with E-state index in [1.54, 1.807) is 0 Å². The average molecular weight is 525 g/mol. The monoisotopic (exact) mass is 525 g/mol. The molecule has 1 aromatic heterocycles. The highest BCUT2D eigenvalue weighted by molar-refractivity contribution is 14.0. The summed E-state index contributed by atoms with van der Waals surface area (Å²) < 4.78 is 1.86. The Balaban J connectivity index is 0.00000320. The molecule has 0 radical (unpaired) electrons. The summed E-state index contributed by atoms with van der Waals surface area (Å²) in [6.45, 7) is 12.3. The second-order valence-electron chi connectivity index (χ2n) is 7.59. The SMILES string of the molecule is CCNC(=NCc1ccnn1C)NCCCN1CCN(c2cccc(C)c2)CC1.I. The number of nitrogens with zero attached hydrogens (tertiary/aromatic N) is 5. The van der Waals surface area contributed by atoms with Crippen LogP contribution in [0.25, 0.3) is 0 Å². The third-order valence-electron chi connectivity index (χ3n) is 5.35. The van der Waals surface area contributed by atoms with Crippen LogP contribution >= 0.6 is 24.0 Å². The number of aromatic nitrogens is 2. The lowest BCUT2D eigenvalue weighted by atomic mass is 10.2. The molecule has 0 aliphatic carbocycles. The number of guanidine groups is 1. The third kappa shape index (κ3) is 7.46. The highest BCUT2D eigenvalue weighted by Crippen LogP contribution is 2.17. The maximum absolute atomic E-state index is 4.66. The molecule has 1 aliphatic rings. The number of aliphatic imine (C=N–C) groups is 1. The van der Waals surface area contributed by atoms with E-state index in [4.69, 9.17) is 0 Å². The maximum atomic E-state index is 4.66. The van der Waals surface area contributed by atoms with Gasteiger partial charge in [0.05, 0.1) is 12.2 Å². The molecule has 8 heteroatoms. The number of piperazine rings is 1. The summed E-state index contributed by atoms with van der Waals surface area (Å²) in [7, 11) is 1.95. The first-order chi connectivity index (χ1) is 14.2. The van der Waals surface area contributed by atoms with Gasteiger partial charge in [-0.3, -0.25) is 9.58 Å². The highest BCUT2D eigenvalue weighted by atomic mass is 127. The topological polar surface area (TPSA) is 60.7 Å². The first kappa shape index (κ1) is 24.5. The molecule has 1 saturated heterocycles. The van der Waals surface area contributed by atoms with Gasteiger partial charge in [0, 0.05) is 58.2 Å². The van der Waals surface area contributed by atoms with Crippen molar-refractivity contribution in [2.24, 2.45) is 12.0 Å². The summed E-state index contributed by atoms with van der Waals surface area (Å²) in [4.78, 5) is 9.72. The summed E-state index contributed by atoms with van der Waals surface area (Å²) in [6.07, 6.45) is 2.92. The Morgan fingerprint density at radius 1 is 1.13 bits per heavy atom. The van der Waals surface area contributed by atoms with Gasteiger partial charge in [-0.2, -0.15) is 5.10 Å². The Kier molecular flexibility index (Phi) is 10.4. The number of hydrogen-bond acceptors (Lipinski definition) is 4. The Morgan fingerprint density at radius 3 is 2.60 bits per heavy atom. The van der Waals surface area contributed by atoms with E-state index in [9.17, 15) is 0 Å². The molecule has 3 rings (SSSR count). The second-order valence-corrected chi connectivity index (χ2v) is 7.59. The quantitative estimate of drug-likeness (QED) is 0.240. The van der Waals surface area contributed by atoms with Crippen molar-refractivity contribution in [1.29, 1.82) is 0 Å². The molecule has 7 nitrogen and oxygen atoms in total. The zero-order valence-electron chi connectivity index (χ0n) is 18.5. The van der Waals surface area contributed by atoms with Gasteiger partial charge in [0.2, 0.25) is 0 Å². The van der Waals surface area contributed by atoms with Gasteiger partial charge in [0.25, 0.3) is 0 Å². The van der Waals surface area contributed by atoms with Crippen molar-refractivity contribution in [1.82, 2.24) is 25.3 Å². The van der Waals surface area contributed by atoms with Gasteiger partial charge < -0.3 is 15.5 Å². The summed E-state index contributed by atoms with van der Waals surface area (Å²) >= 11 is 0. The predicted octanol–water partition coefficient (Wildman–Crippen LogP) is 2.61. The van der Waals surface area contributed by atoms with Gasteiger partial charge in [0.15, 0.2) is 5.96 Å². The van der Waals surface area contributed by atoms with Crippen LogP contribution < -0.4 is 15.5 Å². The number of halogens is 1. The summed E-state index contributed by atoms with van der Waals surface area (Å²) in [5, 5.41) is 11.0. The van der Waals surface area contributed by atoms with Crippen molar-refractivity contribution in [2.75, 3.05) is 50.7 Å². The molecule has 2 N–H and O–H groups in total. The lowest BCUT2D eigenvalue weighted by Gasteiger charge is -2.36.